The number of carbonyl (C=O) groups is 1. The van der Waals surface area contributed by atoms with Gasteiger partial charge in [0.15, 0.2) is 0 Å². The molecule has 0 bridgehead atoms. The molecule has 1 unspecified atom stereocenters. The number of hydrogen-bond donors (Lipinski definition) is 3. The van der Waals surface area contributed by atoms with Gasteiger partial charge < -0.3 is 30.4 Å². The Bertz CT molecular complexity index is 564. The van der Waals surface area contributed by atoms with Gasteiger partial charge in [0.25, 0.3) is 0 Å². The molecule has 1 aliphatic heterocycles. The van der Waals surface area contributed by atoms with E-state index in [4.69, 9.17) is 19.9 Å². The molecule has 0 radical (unpaired) electrons. The molecule has 142 valence electrons. The summed E-state index contributed by atoms with van der Waals surface area (Å²) >= 11 is 0. The molecule has 8 heteroatoms. The van der Waals surface area contributed by atoms with Crippen LogP contribution in [0.1, 0.15) is 24.5 Å². The number of ether oxygens (including phenoxy) is 3. The van der Waals surface area contributed by atoms with Gasteiger partial charge in [-0.2, -0.15) is 0 Å². The zero-order chi connectivity index (χ0) is 17.6. The highest BCUT2D eigenvalue weighted by Gasteiger charge is 2.38. The first-order valence-corrected chi connectivity index (χ1v) is 8.02. The second kappa shape index (κ2) is 9.82. The Morgan fingerprint density at radius 3 is 2.60 bits per heavy atom. The Labute approximate surface area is 154 Å². The number of aliphatic hydroxyl groups is 1. The predicted molar refractivity (Wildman–Crippen MR) is 96.3 cm³/mol. The molecule has 1 aromatic carbocycles. The molecule has 1 fully saturated rings. The van der Waals surface area contributed by atoms with Crippen LogP contribution in [-0.2, 0) is 9.53 Å². The highest BCUT2D eigenvalue weighted by molar-refractivity contribution is 5.85. The molecule has 1 amide bonds. The second-order valence-corrected chi connectivity index (χ2v) is 5.93. The van der Waals surface area contributed by atoms with Crippen LogP contribution in [0, 0.1) is 5.41 Å². The zero-order valence-corrected chi connectivity index (χ0v) is 15.4. The summed E-state index contributed by atoms with van der Waals surface area (Å²) in [5, 5.41) is 13.3. The van der Waals surface area contributed by atoms with Crippen molar-refractivity contribution < 1.29 is 24.1 Å². The number of amides is 1. The van der Waals surface area contributed by atoms with E-state index in [-0.39, 0.29) is 31.4 Å². The van der Waals surface area contributed by atoms with Gasteiger partial charge in [-0.15, -0.1) is 12.4 Å². The molecule has 1 aliphatic rings. The minimum Gasteiger partial charge on any atom is -0.497 e. The van der Waals surface area contributed by atoms with Gasteiger partial charge in [-0.3, -0.25) is 4.79 Å². The van der Waals surface area contributed by atoms with Crippen molar-refractivity contribution in [2.24, 2.45) is 11.1 Å². The largest absolute Gasteiger partial charge is 0.497 e. The maximum atomic E-state index is 12.6. The highest BCUT2D eigenvalue weighted by atomic mass is 35.5. The van der Waals surface area contributed by atoms with Crippen LogP contribution in [0.25, 0.3) is 0 Å². The van der Waals surface area contributed by atoms with Crippen molar-refractivity contribution in [1.82, 2.24) is 5.32 Å². The number of aliphatic hydroxyl groups excluding tert-OH is 1. The summed E-state index contributed by atoms with van der Waals surface area (Å²) < 4.78 is 15.8. The molecule has 1 aromatic rings. The van der Waals surface area contributed by atoms with Crippen LogP contribution in [0.3, 0.4) is 0 Å². The SMILES string of the molecule is COc1ccc(OC)c(C(O)CNC(=O)C2(CN)CCOCC2)c1.Cl. The first-order valence-electron chi connectivity index (χ1n) is 8.02. The smallest absolute Gasteiger partial charge is 0.227 e. The third kappa shape index (κ3) is 4.98. The van der Waals surface area contributed by atoms with Crippen molar-refractivity contribution in [2.75, 3.05) is 40.5 Å². The summed E-state index contributed by atoms with van der Waals surface area (Å²) in [5.41, 5.74) is 5.77. The fraction of sp³-hybridized carbons (Fsp3) is 0.588. The first-order chi connectivity index (χ1) is 11.6. The van der Waals surface area contributed by atoms with Gasteiger partial charge in [0.2, 0.25) is 5.91 Å². The number of methoxy groups -OCH3 is 2. The third-order valence-electron chi connectivity index (χ3n) is 4.57. The molecule has 4 N–H and O–H groups in total. The second-order valence-electron chi connectivity index (χ2n) is 5.93. The lowest BCUT2D eigenvalue weighted by molar-refractivity contribution is -0.136. The average molecular weight is 375 g/mol. The van der Waals surface area contributed by atoms with Crippen molar-refractivity contribution in [2.45, 2.75) is 18.9 Å². The summed E-state index contributed by atoms with van der Waals surface area (Å²) in [4.78, 5) is 12.6. The molecular weight excluding hydrogens is 348 g/mol. The zero-order valence-electron chi connectivity index (χ0n) is 14.6. The van der Waals surface area contributed by atoms with Crippen molar-refractivity contribution in [3.63, 3.8) is 0 Å². The lowest BCUT2D eigenvalue weighted by Gasteiger charge is -2.34. The van der Waals surface area contributed by atoms with E-state index in [0.29, 0.717) is 43.1 Å². The van der Waals surface area contributed by atoms with Gasteiger partial charge in [0.05, 0.1) is 25.7 Å². The van der Waals surface area contributed by atoms with Crippen LogP contribution in [0.5, 0.6) is 11.5 Å². The Morgan fingerprint density at radius 1 is 1.36 bits per heavy atom. The molecule has 1 saturated heterocycles. The lowest BCUT2D eigenvalue weighted by atomic mass is 9.79. The monoisotopic (exact) mass is 374 g/mol. The van der Waals surface area contributed by atoms with Gasteiger partial charge >= 0.3 is 0 Å². The van der Waals surface area contributed by atoms with Gasteiger partial charge in [-0.1, -0.05) is 0 Å². The van der Waals surface area contributed by atoms with Gasteiger partial charge in [-0.25, -0.2) is 0 Å². The number of nitrogens with two attached hydrogens (primary N) is 1. The number of rotatable bonds is 7. The highest BCUT2D eigenvalue weighted by Crippen LogP contribution is 2.31. The van der Waals surface area contributed by atoms with Crippen LogP contribution in [0.4, 0.5) is 0 Å². The van der Waals surface area contributed by atoms with E-state index in [2.05, 4.69) is 5.32 Å². The van der Waals surface area contributed by atoms with E-state index in [1.54, 1.807) is 25.3 Å². The fourth-order valence-corrected chi connectivity index (χ4v) is 2.87. The molecule has 2 rings (SSSR count). The summed E-state index contributed by atoms with van der Waals surface area (Å²) in [6.45, 7) is 1.39. The normalized spacial score (nSPS) is 17.1. The van der Waals surface area contributed by atoms with Crippen molar-refractivity contribution >= 4 is 18.3 Å². The number of benzene rings is 1. The predicted octanol–water partition coefficient (Wildman–Crippen LogP) is 1.03. The van der Waals surface area contributed by atoms with Gasteiger partial charge in [-0.05, 0) is 31.0 Å². The molecule has 0 aliphatic carbocycles. The Balaban J connectivity index is 0.00000312. The number of hydrogen-bond acceptors (Lipinski definition) is 6. The first kappa shape index (κ1) is 21.5. The van der Waals surface area contributed by atoms with Crippen molar-refractivity contribution in [1.29, 1.82) is 0 Å². The molecule has 25 heavy (non-hydrogen) atoms. The number of halogens is 1. The third-order valence-corrected chi connectivity index (χ3v) is 4.57. The van der Waals surface area contributed by atoms with Crippen LogP contribution in [-0.4, -0.2) is 51.5 Å². The standard InChI is InChI=1S/C17H26N2O5.ClH/c1-22-12-3-4-15(23-2)13(9-12)14(20)10-19-16(21)17(11-18)5-7-24-8-6-17;/h3-4,9,14,20H,5-8,10-11,18H2,1-2H3,(H,19,21);1H. The minimum atomic E-state index is -0.909. The van der Waals surface area contributed by atoms with Crippen molar-refractivity contribution in [3.05, 3.63) is 23.8 Å². The maximum Gasteiger partial charge on any atom is 0.227 e. The Hall–Kier alpha value is -1.54. The molecule has 0 saturated carbocycles. The average Bonchev–Trinajstić information content (AvgIpc) is 2.65. The van der Waals surface area contributed by atoms with Gasteiger partial charge in [0, 0.05) is 31.9 Å². The number of carbonyl (C=O) groups excluding carboxylic acids is 1. The van der Waals surface area contributed by atoms with E-state index < -0.39 is 11.5 Å². The van der Waals surface area contributed by atoms with Gasteiger partial charge in [0.1, 0.15) is 11.5 Å². The summed E-state index contributed by atoms with van der Waals surface area (Å²) in [7, 11) is 3.08. The summed E-state index contributed by atoms with van der Waals surface area (Å²) in [6, 6.07) is 5.17. The van der Waals surface area contributed by atoms with E-state index in [0.717, 1.165) is 0 Å². The topological polar surface area (TPSA) is 103 Å². The molecule has 7 nitrogen and oxygen atoms in total. The number of nitrogens with one attached hydrogen (secondary N) is 1. The summed E-state index contributed by atoms with van der Waals surface area (Å²) in [6.07, 6.45) is 0.274. The fourth-order valence-electron chi connectivity index (χ4n) is 2.87. The van der Waals surface area contributed by atoms with E-state index in [1.807, 2.05) is 0 Å². The van der Waals surface area contributed by atoms with E-state index >= 15 is 0 Å². The van der Waals surface area contributed by atoms with Crippen LogP contribution < -0.4 is 20.5 Å². The maximum absolute atomic E-state index is 12.6. The molecule has 0 spiro atoms. The summed E-state index contributed by atoms with van der Waals surface area (Å²) in [5.74, 6) is 1.01. The Morgan fingerprint density at radius 2 is 2.04 bits per heavy atom. The van der Waals surface area contributed by atoms with Crippen LogP contribution >= 0.6 is 12.4 Å². The van der Waals surface area contributed by atoms with E-state index in [1.165, 1.54) is 7.11 Å². The Kier molecular flexibility index (Phi) is 8.44. The van der Waals surface area contributed by atoms with E-state index in [9.17, 15) is 9.90 Å². The molecule has 0 aromatic heterocycles. The van der Waals surface area contributed by atoms with Crippen LogP contribution in [0.15, 0.2) is 18.2 Å². The lowest BCUT2D eigenvalue weighted by Crippen LogP contribution is -2.49. The quantitative estimate of drug-likeness (QED) is 0.658. The minimum absolute atomic E-state index is 0. The molecular formula is C17H27ClN2O5. The molecule has 1 heterocycles. The molecule has 1 atom stereocenters. The van der Waals surface area contributed by atoms with Crippen LogP contribution in [0.2, 0.25) is 0 Å². The van der Waals surface area contributed by atoms with Crippen molar-refractivity contribution in [3.8, 4) is 11.5 Å².